The second kappa shape index (κ2) is 44.7. The molecule has 15 rings (SSSR count). The first-order valence-electron chi connectivity index (χ1n) is 42.3. The zero-order chi connectivity index (χ0) is 91.1. The molecule has 0 bridgehead atoms. The van der Waals surface area contributed by atoms with Gasteiger partial charge in [0.25, 0.3) is 5.91 Å². The third-order valence-corrected chi connectivity index (χ3v) is 22.5. The highest BCUT2D eigenvalue weighted by molar-refractivity contribution is 6.33. The number of nitrogens with zero attached hydrogens (tertiary/aromatic N) is 7. The van der Waals surface area contributed by atoms with Crippen LogP contribution in [0.3, 0.4) is 0 Å². The van der Waals surface area contributed by atoms with Crippen LogP contribution in [0.5, 0.6) is 0 Å². The van der Waals surface area contributed by atoms with E-state index in [-0.39, 0.29) is 45.5 Å². The van der Waals surface area contributed by atoms with E-state index in [0.29, 0.717) is 142 Å². The van der Waals surface area contributed by atoms with Crippen molar-refractivity contribution in [3.05, 3.63) is 339 Å². The number of hydrogen-bond donors (Lipinski definition) is 4. The number of benzene rings is 7. The van der Waals surface area contributed by atoms with Crippen molar-refractivity contribution in [2.75, 3.05) is 54.8 Å². The maximum atomic E-state index is 13.2. The maximum Gasteiger partial charge on any atom is 0.470 e. The van der Waals surface area contributed by atoms with Gasteiger partial charge < -0.3 is 54.4 Å². The number of carbonyl (C=O) groups is 8. The first-order chi connectivity index (χ1) is 62.1. The standard InChI is InChI=1S/2C26H26ClN3O4.C25H24ClN3O3.C20H22ClN3O4/c1-3-10-21-23(25(31)33-4-2)22(18-13-8-9-14-20(18)27)19-15-30(29-24(19)28-21)26(32)34-16-17-11-6-5-7-12-17;1-3-10-21-23(25(31)33-4-2)22(18-13-8-9-14-20(18)27)19-15-28-30(24(19)29-21)26(32)34-16-17-11-6-5-7-12-17;1-3-10-20-22(25(31)32-4-2)21(17-13-8-9-14-19(17)26)18-15-27-29(23(18)28-20)24(30)16-11-6-5-7-12-16;1-4-8-15-17(19(25)28-5-2)16(12-9-6-7-10-14(12)21)13-11-24(20(26)27-3)23-18(13)22-15/h5-9,11-15,22H,3-4,10,16H2,1-2H3,(H,28,29);5-9,11-15,22,29H,3-4,10,16H2,1-2H3;5-9,11-15,21,28H,3-4,10H2,1-2H3;6-7,9-11,16H,4-5,8H2,1-3H3,(H,22,23)/p+1. The Morgan fingerprint density at radius 1 is 0.367 bits per heavy atom. The molecule has 0 saturated heterocycles. The van der Waals surface area contributed by atoms with Gasteiger partial charge >= 0.3 is 42.2 Å². The Morgan fingerprint density at radius 3 is 1.06 bits per heavy atom. The third kappa shape index (κ3) is 21.3. The average molecular weight is 1810 g/mol. The molecule has 0 fully saturated rings. The summed E-state index contributed by atoms with van der Waals surface area (Å²) in [5, 5.41) is 31.3. The minimum Gasteiger partial charge on any atom is -0.463 e. The molecule has 664 valence electrons. The summed E-state index contributed by atoms with van der Waals surface area (Å²) in [6.07, 6.45) is 10.3. The fourth-order valence-electron chi connectivity index (χ4n) is 15.6. The van der Waals surface area contributed by atoms with Crippen LogP contribution in [0.15, 0.2) is 258 Å². The number of H-pyrrole nitrogens is 1. The molecule has 0 aliphatic carbocycles. The highest BCUT2D eigenvalue weighted by atomic mass is 35.5. The fraction of sp³-hybridized carbons (Fsp3) is 0.278. The van der Waals surface area contributed by atoms with Gasteiger partial charge in [0.1, 0.15) is 19.0 Å². The number of rotatable bonds is 25. The van der Waals surface area contributed by atoms with Crippen molar-refractivity contribution < 1.29 is 76.6 Å². The van der Waals surface area contributed by atoms with Gasteiger partial charge in [0.05, 0.1) is 73.5 Å². The number of ether oxygens (including phenoxy) is 7. The van der Waals surface area contributed by atoms with Crippen molar-refractivity contribution in [3.63, 3.8) is 0 Å². The number of fused-ring (bicyclic) bond motifs is 4. The number of aromatic nitrogens is 8. The minimum absolute atomic E-state index is 0.124. The lowest BCUT2D eigenvalue weighted by molar-refractivity contribution is -0.472. The van der Waals surface area contributed by atoms with Gasteiger partial charge in [-0.2, -0.15) is 19.1 Å². The molecular formula is C97H99Cl4N12O15+. The van der Waals surface area contributed by atoms with Crippen LogP contribution in [-0.4, -0.2) is 116 Å². The van der Waals surface area contributed by atoms with Gasteiger partial charge in [-0.3, -0.25) is 4.79 Å². The first kappa shape index (κ1) is 93.8. The largest absolute Gasteiger partial charge is 0.470 e. The SMILES string of the molecule is CCCC1=C(C(=O)OCC)C(c2ccccc2Cl)c2c[nH+]n(C(=O)OCc3ccccc3)c2N1.CCCC1=C(C(=O)OCC)C(c2ccccc2Cl)c2cn(C(=O)OC)nc2N1.CCCC1=C(C(=O)OCC)C(c2ccccc2Cl)c2cn(C(=O)OCc3ccccc3)nc2N1.CCCC1=C(C(=O)OCC)C(c2ccccc2Cl)c2cnn(C(=O)c3ccccc3)c2N1. The Balaban J connectivity index is 0.000000155. The number of anilines is 4. The summed E-state index contributed by atoms with van der Waals surface area (Å²) in [5.74, 6) is -1.94. The molecule has 31 heteroatoms. The Bertz CT molecular complexity index is 5950. The first-order valence-corrected chi connectivity index (χ1v) is 43.8. The molecule has 11 aromatic rings. The number of hydrogen-bond acceptors (Lipinski definition) is 22. The van der Waals surface area contributed by atoms with Crippen LogP contribution in [0.4, 0.5) is 37.7 Å². The number of nitrogens with one attached hydrogen (secondary N) is 5. The summed E-state index contributed by atoms with van der Waals surface area (Å²) in [7, 11) is 1.28. The number of carbonyl (C=O) groups excluding carboxylic acids is 8. The molecule has 4 unspecified atom stereocenters. The molecular weight excluding hydrogens is 1710 g/mol. The Morgan fingerprint density at radius 2 is 0.695 bits per heavy atom. The predicted molar refractivity (Wildman–Crippen MR) is 488 cm³/mol. The number of halogens is 4. The molecule has 7 aromatic carbocycles. The second-order valence-corrected chi connectivity index (χ2v) is 31.1. The number of methoxy groups -OCH3 is 1. The smallest absolute Gasteiger partial charge is 0.463 e. The van der Waals surface area contributed by atoms with Gasteiger partial charge in [0.2, 0.25) is 0 Å². The molecule has 4 atom stereocenters. The zero-order valence-electron chi connectivity index (χ0n) is 72.2. The van der Waals surface area contributed by atoms with E-state index in [1.165, 1.54) is 16.5 Å². The predicted octanol–water partition coefficient (Wildman–Crippen LogP) is 20.9. The van der Waals surface area contributed by atoms with Crippen LogP contribution < -0.4 is 26.4 Å². The van der Waals surface area contributed by atoms with E-state index in [9.17, 15) is 38.4 Å². The molecule has 4 aliphatic rings. The Labute approximate surface area is 761 Å². The Kier molecular flexibility index (Phi) is 32.8. The maximum absolute atomic E-state index is 13.2. The van der Waals surface area contributed by atoms with Crippen molar-refractivity contribution in [1.82, 2.24) is 34.0 Å². The van der Waals surface area contributed by atoms with Crippen molar-refractivity contribution in [2.24, 2.45) is 0 Å². The lowest BCUT2D eigenvalue weighted by atomic mass is 9.82. The summed E-state index contributed by atoms with van der Waals surface area (Å²) >= 11 is 26.2. The van der Waals surface area contributed by atoms with Gasteiger partial charge in [-0.15, -0.1) is 15.3 Å². The highest BCUT2D eigenvalue weighted by Crippen LogP contribution is 2.50. The zero-order valence-corrected chi connectivity index (χ0v) is 75.2. The van der Waals surface area contributed by atoms with Crippen molar-refractivity contribution in [1.29, 1.82) is 0 Å². The van der Waals surface area contributed by atoms with E-state index in [1.54, 1.807) is 88.9 Å². The van der Waals surface area contributed by atoms with Gasteiger partial charge in [-0.05, 0) is 128 Å². The molecule has 0 saturated carbocycles. The summed E-state index contributed by atoms with van der Waals surface area (Å²) in [5.41, 5.74) is 12.8. The normalized spacial score (nSPS) is 15.1. The van der Waals surface area contributed by atoms with E-state index in [4.69, 9.17) is 79.6 Å². The van der Waals surface area contributed by atoms with Crippen molar-refractivity contribution >= 4 is 118 Å². The van der Waals surface area contributed by atoms with E-state index < -0.39 is 65.8 Å². The lowest BCUT2D eigenvalue weighted by Gasteiger charge is -2.30. The number of allylic oxidation sites excluding steroid dienone is 4. The molecule has 4 aliphatic heterocycles. The fourth-order valence-corrected chi connectivity index (χ4v) is 16.5. The van der Waals surface area contributed by atoms with Crippen LogP contribution in [0.2, 0.25) is 20.1 Å². The van der Waals surface area contributed by atoms with Crippen LogP contribution in [0, 0.1) is 0 Å². The minimum atomic E-state index is -0.621. The van der Waals surface area contributed by atoms with E-state index in [1.807, 2.05) is 179 Å². The lowest BCUT2D eigenvalue weighted by Crippen LogP contribution is -2.30. The van der Waals surface area contributed by atoms with Crippen molar-refractivity contribution in [3.8, 4) is 0 Å². The molecule has 0 amide bonds. The molecule has 128 heavy (non-hydrogen) atoms. The monoisotopic (exact) mass is 1810 g/mol. The summed E-state index contributed by atoms with van der Waals surface area (Å²) in [4.78, 5) is 103. The molecule has 0 radical (unpaired) electrons. The quantitative estimate of drug-likeness (QED) is 0.0305. The number of esters is 4. The summed E-state index contributed by atoms with van der Waals surface area (Å²) in [6, 6.07) is 57.3. The van der Waals surface area contributed by atoms with E-state index in [0.717, 1.165) is 68.4 Å². The van der Waals surface area contributed by atoms with E-state index >= 15 is 0 Å². The topological polar surface area (TPSA) is 322 Å². The average Bonchev–Trinajstić information content (AvgIpc) is 1.58. The van der Waals surface area contributed by atoms with Gasteiger partial charge in [-0.25, -0.2) is 33.6 Å². The van der Waals surface area contributed by atoms with Crippen LogP contribution in [0.1, 0.15) is 196 Å². The van der Waals surface area contributed by atoms with E-state index in [2.05, 4.69) is 41.7 Å². The van der Waals surface area contributed by atoms with Gasteiger partial charge in [0.15, 0.2) is 23.7 Å². The van der Waals surface area contributed by atoms with Crippen LogP contribution in [0.25, 0.3) is 0 Å². The Hall–Kier alpha value is -13.3. The summed E-state index contributed by atoms with van der Waals surface area (Å²) < 4.78 is 42.3. The summed E-state index contributed by atoms with van der Waals surface area (Å²) in [6.45, 7) is 16.5. The molecule has 27 nitrogen and oxygen atoms in total. The van der Waals surface area contributed by atoms with Gasteiger partial charge in [-0.1, -0.05) is 251 Å². The van der Waals surface area contributed by atoms with Gasteiger partial charge in [0, 0.05) is 95.3 Å². The molecule has 5 N–H and O–H groups in total. The highest BCUT2D eigenvalue weighted by Gasteiger charge is 2.44. The second-order valence-electron chi connectivity index (χ2n) is 29.5. The van der Waals surface area contributed by atoms with Crippen LogP contribution >= 0.6 is 46.4 Å². The molecule has 8 heterocycles. The molecule has 4 aromatic heterocycles. The van der Waals surface area contributed by atoms with Crippen LogP contribution in [-0.2, 0) is 65.5 Å². The number of aromatic amines is 1. The third-order valence-electron chi connectivity index (χ3n) is 21.1. The van der Waals surface area contributed by atoms with Crippen molar-refractivity contribution in [2.45, 2.75) is 144 Å². The molecule has 0 spiro atoms.